The van der Waals surface area contributed by atoms with E-state index in [0.717, 1.165) is 5.56 Å². The molecule has 2 aromatic carbocycles. The summed E-state index contributed by atoms with van der Waals surface area (Å²) < 4.78 is 10.7. The average Bonchev–Trinajstić information content (AvgIpc) is 2.65. The van der Waals surface area contributed by atoms with Gasteiger partial charge in [0, 0.05) is 0 Å². The number of hydrogen-bond donors (Lipinski definition) is 1. The summed E-state index contributed by atoms with van der Waals surface area (Å²) in [5, 5.41) is 2.80. The molecule has 0 unspecified atom stereocenters. The first-order valence-corrected chi connectivity index (χ1v) is 8.32. The molecule has 0 radical (unpaired) electrons. The van der Waals surface area contributed by atoms with Crippen LogP contribution in [0.3, 0.4) is 0 Å². The molecular formula is C20H23NO4. The maximum Gasteiger partial charge on any atom is 0.347 e. The Balaban J connectivity index is 1.80. The van der Waals surface area contributed by atoms with Gasteiger partial charge in [0.15, 0.2) is 12.7 Å². The lowest BCUT2D eigenvalue weighted by atomic mass is 10.1. The molecule has 25 heavy (non-hydrogen) atoms. The number of para-hydroxylation sites is 1. The number of amides is 1. The van der Waals surface area contributed by atoms with E-state index in [1.54, 1.807) is 12.1 Å². The van der Waals surface area contributed by atoms with Crippen molar-refractivity contribution in [3.63, 3.8) is 0 Å². The number of nitrogens with one attached hydrogen (secondary N) is 1. The summed E-state index contributed by atoms with van der Waals surface area (Å²) in [5.41, 5.74) is 0.987. The van der Waals surface area contributed by atoms with Crippen molar-refractivity contribution < 1.29 is 19.1 Å². The van der Waals surface area contributed by atoms with Crippen molar-refractivity contribution in [3.05, 3.63) is 66.2 Å². The van der Waals surface area contributed by atoms with Gasteiger partial charge in [-0.15, -0.1) is 0 Å². The maximum absolute atomic E-state index is 12.1. The molecule has 132 valence electrons. The lowest BCUT2D eigenvalue weighted by Gasteiger charge is -2.17. The van der Waals surface area contributed by atoms with Crippen LogP contribution >= 0.6 is 0 Å². The Labute approximate surface area is 148 Å². The lowest BCUT2D eigenvalue weighted by molar-refractivity contribution is -0.155. The summed E-state index contributed by atoms with van der Waals surface area (Å²) in [6.07, 6.45) is -0.280. The molecule has 5 nitrogen and oxygen atoms in total. The first-order chi connectivity index (χ1) is 12.1. The zero-order valence-electron chi connectivity index (χ0n) is 14.5. The monoisotopic (exact) mass is 341 g/mol. The Kier molecular flexibility index (Phi) is 7.01. The van der Waals surface area contributed by atoms with E-state index < -0.39 is 12.1 Å². The number of benzene rings is 2. The number of hydrogen-bond acceptors (Lipinski definition) is 4. The molecule has 5 heteroatoms. The fraction of sp³-hybridized carbons (Fsp3) is 0.300. The largest absolute Gasteiger partial charge is 0.479 e. The average molecular weight is 341 g/mol. The van der Waals surface area contributed by atoms with Crippen LogP contribution in [0.1, 0.15) is 31.9 Å². The summed E-state index contributed by atoms with van der Waals surface area (Å²) in [4.78, 5) is 24.1. The maximum atomic E-state index is 12.1. The number of ether oxygens (including phenoxy) is 2. The smallest absolute Gasteiger partial charge is 0.347 e. The topological polar surface area (TPSA) is 64.6 Å². The number of rotatable bonds is 8. The number of carbonyl (C=O) groups is 2. The van der Waals surface area contributed by atoms with Crippen molar-refractivity contribution in [2.24, 2.45) is 0 Å². The van der Waals surface area contributed by atoms with Gasteiger partial charge in [0.1, 0.15) is 5.75 Å². The van der Waals surface area contributed by atoms with Gasteiger partial charge in [-0.2, -0.15) is 0 Å². The van der Waals surface area contributed by atoms with E-state index in [0.29, 0.717) is 12.2 Å². The van der Waals surface area contributed by atoms with E-state index >= 15 is 0 Å². The Morgan fingerprint density at radius 3 is 2.20 bits per heavy atom. The summed E-state index contributed by atoms with van der Waals surface area (Å²) >= 11 is 0. The van der Waals surface area contributed by atoms with Gasteiger partial charge < -0.3 is 14.8 Å². The van der Waals surface area contributed by atoms with Gasteiger partial charge in [0.05, 0.1) is 6.04 Å². The molecule has 2 atom stereocenters. The third-order valence-electron chi connectivity index (χ3n) is 3.68. The van der Waals surface area contributed by atoms with E-state index in [1.807, 2.05) is 62.4 Å². The normalized spacial score (nSPS) is 12.7. The molecule has 1 N–H and O–H groups in total. The summed E-state index contributed by atoms with van der Waals surface area (Å²) in [5.74, 6) is -0.304. The van der Waals surface area contributed by atoms with E-state index in [4.69, 9.17) is 9.47 Å². The molecular weight excluding hydrogens is 318 g/mol. The van der Waals surface area contributed by atoms with Gasteiger partial charge in [-0.05, 0) is 31.0 Å². The minimum Gasteiger partial charge on any atom is -0.479 e. The lowest BCUT2D eigenvalue weighted by Crippen LogP contribution is -2.35. The molecule has 2 rings (SSSR count). The van der Waals surface area contributed by atoms with Crippen molar-refractivity contribution in [2.45, 2.75) is 32.4 Å². The molecule has 1 amide bonds. The predicted octanol–water partition coefficient (Wildman–Crippen LogP) is 3.26. The van der Waals surface area contributed by atoms with Crippen molar-refractivity contribution in [3.8, 4) is 5.75 Å². The Hall–Kier alpha value is -2.82. The van der Waals surface area contributed by atoms with Crippen LogP contribution < -0.4 is 10.1 Å². The van der Waals surface area contributed by atoms with Crippen molar-refractivity contribution in [1.29, 1.82) is 0 Å². The molecule has 0 aromatic heterocycles. The van der Waals surface area contributed by atoms with Gasteiger partial charge in [-0.3, -0.25) is 4.79 Å². The fourth-order valence-electron chi connectivity index (χ4n) is 2.30. The predicted molar refractivity (Wildman–Crippen MR) is 95.1 cm³/mol. The van der Waals surface area contributed by atoms with Gasteiger partial charge in [-0.25, -0.2) is 4.79 Å². The highest BCUT2D eigenvalue weighted by atomic mass is 16.6. The SMILES string of the molecule is CC[C@@H](Oc1ccccc1)C(=O)OCC(=O)N[C@@H](C)c1ccccc1. The third-order valence-corrected chi connectivity index (χ3v) is 3.68. The Morgan fingerprint density at radius 2 is 1.60 bits per heavy atom. The van der Waals surface area contributed by atoms with Gasteiger partial charge in [-0.1, -0.05) is 55.5 Å². The molecule has 2 aromatic rings. The fourth-order valence-corrected chi connectivity index (χ4v) is 2.30. The van der Waals surface area contributed by atoms with E-state index in [-0.39, 0.29) is 18.6 Å². The van der Waals surface area contributed by atoms with Crippen LogP contribution in [-0.2, 0) is 14.3 Å². The van der Waals surface area contributed by atoms with Gasteiger partial charge in [0.2, 0.25) is 0 Å². The summed E-state index contributed by atoms with van der Waals surface area (Å²) in [6.45, 7) is 3.37. The van der Waals surface area contributed by atoms with Crippen LogP contribution in [0.5, 0.6) is 5.75 Å². The highest BCUT2D eigenvalue weighted by molar-refractivity contribution is 5.82. The van der Waals surface area contributed by atoms with Crippen LogP contribution in [0, 0.1) is 0 Å². The molecule has 0 aliphatic carbocycles. The molecule has 0 saturated carbocycles. The minimum absolute atomic E-state index is 0.157. The first-order valence-electron chi connectivity index (χ1n) is 8.32. The van der Waals surface area contributed by atoms with E-state index in [2.05, 4.69) is 5.32 Å². The highest BCUT2D eigenvalue weighted by Crippen LogP contribution is 2.14. The second kappa shape index (κ2) is 9.47. The molecule has 0 saturated heterocycles. The summed E-state index contributed by atoms with van der Waals surface area (Å²) in [6, 6.07) is 18.5. The zero-order chi connectivity index (χ0) is 18.1. The second-order valence-corrected chi connectivity index (χ2v) is 5.64. The van der Waals surface area contributed by atoms with Gasteiger partial charge in [0.25, 0.3) is 5.91 Å². The Bertz CT molecular complexity index is 673. The minimum atomic E-state index is -0.734. The number of esters is 1. The van der Waals surface area contributed by atoms with Crippen LogP contribution in [0.15, 0.2) is 60.7 Å². The van der Waals surface area contributed by atoms with Crippen LogP contribution in [-0.4, -0.2) is 24.6 Å². The van der Waals surface area contributed by atoms with Crippen molar-refractivity contribution in [1.82, 2.24) is 5.32 Å². The molecule has 0 aliphatic rings. The van der Waals surface area contributed by atoms with Crippen molar-refractivity contribution >= 4 is 11.9 Å². The molecule has 0 spiro atoms. The Morgan fingerprint density at radius 1 is 1.00 bits per heavy atom. The quantitative estimate of drug-likeness (QED) is 0.749. The van der Waals surface area contributed by atoms with Crippen LogP contribution in [0.4, 0.5) is 0 Å². The van der Waals surface area contributed by atoms with Crippen LogP contribution in [0.2, 0.25) is 0 Å². The zero-order valence-corrected chi connectivity index (χ0v) is 14.5. The first kappa shape index (κ1) is 18.5. The van der Waals surface area contributed by atoms with Crippen LogP contribution in [0.25, 0.3) is 0 Å². The molecule has 0 bridgehead atoms. The standard InChI is InChI=1S/C20H23NO4/c1-3-18(25-17-12-8-5-9-13-17)20(23)24-14-19(22)21-15(2)16-10-6-4-7-11-16/h4-13,15,18H,3,14H2,1-2H3,(H,21,22)/t15-,18+/m0/s1. The number of carbonyl (C=O) groups excluding carboxylic acids is 2. The van der Waals surface area contributed by atoms with Gasteiger partial charge >= 0.3 is 5.97 Å². The van der Waals surface area contributed by atoms with E-state index in [1.165, 1.54) is 0 Å². The van der Waals surface area contributed by atoms with E-state index in [9.17, 15) is 9.59 Å². The second-order valence-electron chi connectivity index (χ2n) is 5.64. The third kappa shape index (κ3) is 5.95. The van der Waals surface area contributed by atoms with Crippen molar-refractivity contribution in [2.75, 3.05) is 6.61 Å². The summed E-state index contributed by atoms with van der Waals surface area (Å²) in [7, 11) is 0. The molecule has 0 heterocycles. The molecule has 0 fully saturated rings. The highest BCUT2D eigenvalue weighted by Gasteiger charge is 2.21. The molecule has 0 aliphatic heterocycles.